The molecule has 0 spiro atoms. The highest BCUT2D eigenvalue weighted by molar-refractivity contribution is 14.1. The number of benzene rings is 1. The van der Waals surface area contributed by atoms with Crippen LogP contribution in [-0.4, -0.2) is 25.3 Å². The zero-order valence-electron chi connectivity index (χ0n) is 10.2. The third-order valence-electron chi connectivity index (χ3n) is 2.49. The summed E-state index contributed by atoms with van der Waals surface area (Å²) < 4.78 is 11.4. The molecule has 18 heavy (non-hydrogen) atoms. The highest BCUT2D eigenvalue weighted by Crippen LogP contribution is 2.29. The van der Waals surface area contributed by atoms with Crippen molar-refractivity contribution in [2.24, 2.45) is 0 Å². The molecule has 4 nitrogen and oxygen atoms in total. The molecule has 0 bridgehead atoms. The molecule has 0 aliphatic carbocycles. The number of esters is 1. The van der Waals surface area contributed by atoms with Crippen LogP contribution >= 0.6 is 22.6 Å². The Morgan fingerprint density at radius 1 is 1.44 bits per heavy atom. The van der Waals surface area contributed by atoms with Gasteiger partial charge in [-0.3, -0.25) is 0 Å². The van der Waals surface area contributed by atoms with Gasteiger partial charge in [0.15, 0.2) is 0 Å². The molecule has 1 aromatic carbocycles. The number of hydrogen-bond acceptors (Lipinski definition) is 4. The molecule has 0 amide bonds. The number of para-hydroxylation sites is 1. The summed E-state index contributed by atoms with van der Waals surface area (Å²) in [6, 6.07) is 7.17. The first-order chi connectivity index (χ1) is 8.63. The number of aliphatic hydroxyl groups excluding tert-OH is 1. The Hall–Kier alpha value is -1.08. The van der Waals surface area contributed by atoms with E-state index in [0.29, 0.717) is 16.9 Å². The smallest absolute Gasteiger partial charge is 0.334 e. The van der Waals surface area contributed by atoms with E-state index in [4.69, 9.17) is 4.74 Å². The van der Waals surface area contributed by atoms with Gasteiger partial charge < -0.3 is 14.6 Å². The van der Waals surface area contributed by atoms with Gasteiger partial charge in [0.2, 0.25) is 0 Å². The third kappa shape index (κ3) is 3.71. The van der Waals surface area contributed by atoms with Gasteiger partial charge in [-0.1, -0.05) is 40.8 Å². The summed E-state index contributed by atoms with van der Waals surface area (Å²) >= 11 is 1.95. The second-order valence-electron chi connectivity index (χ2n) is 3.59. The van der Waals surface area contributed by atoms with E-state index in [9.17, 15) is 9.90 Å². The largest absolute Gasteiger partial charge is 0.496 e. The average molecular weight is 362 g/mol. The predicted octanol–water partition coefficient (Wildman–Crippen LogP) is 2.61. The van der Waals surface area contributed by atoms with Crippen LogP contribution in [0.5, 0.6) is 5.75 Å². The summed E-state index contributed by atoms with van der Waals surface area (Å²) in [7, 11) is 2.86. The van der Waals surface area contributed by atoms with E-state index in [1.54, 1.807) is 23.3 Å². The molecule has 5 heteroatoms. The summed E-state index contributed by atoms with van der Waals surface area (Å²) in [5, 5.41) is 10.1. The number of methoxy groups -OCH3 is 2. The minimum Gasteiger partial charge on any atom is -0.496 e. The van der Waals surface area contributed by atoms with Crippen LogP contribution in [0.1, 0.15) is 18.1 Å². The Kier molecular flexibility index (Phi) is 6.14. The monoisotopic (exact) mass is 362 g/mol. The Balaban J connectivity index is 2.88. The Labute approximate surface area is 120 Å². The Morgan fingerprint density at radius 3 is 2.67 bits per heavy atom. The lowest BCUT2D eigenvalue weighted by Gasteiger charge is -2.15. The molecular weight excluding hydrogens is 347 g/mol. The number of ether oxygens (including phenoxy) is 2. The number of aliphatic hydroxyl groups is 1. The number of hydrogen-bond donors (Lipinski definition) is 1. The van der Waals surface area contributed by atoms with Crippen molar-refractivity contribution in [3.63, 3.8) is 0 Å². The van der Waals surface area contributed by atoms with Crippen LogP contribution in [0, 0.1) is 0 Å². The molecule has 0 aromatic heterocycles. The lowest BCUT2D eigenvalue weighted by molar-refractivity contribution is -0.136. The minimum atomic E-state index is -0.804. The van der Waals surface area contributed by atoms with E-state index in [1.165, 1.54) is 7.11 Å². The minimum absolute atomic E-state index is 0.190. The maximum Gasteiger partial charge on any atom is 0.334 e. The van der Waals surface area contributed by atoms with E-state index in [-0.39, 0.29) is 6.42 Å². The molecule has 1 N–H and O–H groups in total. The maximum absolute atomic E-state index is 11.4. The summed E-state index contributed by atoms with van der Waals surface area (Å²) in [6.07, 6.45) is -0.614. The van der Waals surface area contributed by atoms with Crippen molar-refractivity contribution in [2.45, 2.75) is 12.5 Å². The molecule has 0 saturated carbocycles. The second kappa shape index (κ2) is 7.38. The molecule has 1 atom stereocenters. The third-order valence-corrected chi connectivity index (χ3v) is 3.24. The van der Waals surface area contributed by atoms with Gasteiger partial charge in [0.25, 0.3) is 0 Å². The van der Waals surface area contributed by atoms with Crippen molar-refractivity contribution in [2.75, 3.05) is 14.2 Å². The fourth-order valence-corrected chi connectivity index (χ4v) is 2.07. The van der Waals surface area contributed by atoms with Crippen LogP contribution in [0.15, 0.2) is 33.9 Å². The molecule has 0 aliphatic rings. The molecule has 0 radical (unpaired) electrons. The Bertz CT molecular complexity index is 442. The van der Waals surface area contributed by atoms with Crippen LogP contribution in [0.4, 0.5) is 0 Å². The second-order valence-corrected chi connectivity index (χ2v) is 4.21. The maximum atomic E-state index is 11.4. The van der Waals surface area contributed by atoms with Crippen molar-refractivity contribution in [3.05, 3.63) is 39.5 Å². The molecule has 1 unspecified atom stereocenters. The van der Waals surface area contributed by atoms with E-state index in [2.05, 4.69) is 4.74 Å². The van der Waals surface area contributed by atoms with E-state index >= 15 is 0 Å². The van der Waals surface area contributed by atoms with Crippen LogP contribution in [0.25, 0.3) is 0 Å². The van der Waals surface area contributed by atoms with Gasteiger partial charge in [-0.2, -0.15) is 0 Å². The fraction of sp³-hybridized carbons (Fsp3) is 0.308. The summed E-state index contributed by atoms with van der Waals surface area (Å²) in [6.45, 7) is 0. The van der Waals surface area contributed by atoms with E-state index in [0.717, 1.165) is 0 Å². The standard InChI is InChI=1S/C13H15IO4/c1-17-12-6-4-3-5-10(12)11(15)7-9(8-14)13(16)18-2/h3-6,8,11,15H,7H2,1-2H3/b9-8-. The number of carbonyl (C=O) groups is 1. The first-order valence-electron chi connectivity index (χ1n) is 5.32. The van der Waals surface area contributed by atoms with Crippen LogP contribution in [0.2, 0.25) is 0 Å². The molecule has 1 rings (SSSR count). The quantitative estimate of drug-likeness (QED) is 0.497. The van der Waals surface area contributed by atoms with Gasteiger partial charge in [-0.05, 0) is 10.1 Å². The molecule has 1 aromatic rings. The lowest BCUT2D eigenvalue weighted by Crippen LogP contribution is -2.09. The zero-order chi connectivity index (χ0) is 13.5. The number of halogens is 1. The highest BCUT2D eigenvalue weighted by atomic mass is 127. The molecule has 0 aliphatic heterocycles. The van der Waals surface area contributed by atoms with Gasteiger partial charge in [0.1, 0.15) is 5.75 Å². The summed E-state index contributed by atoms with van der Waals surface area (Å²) in [4.78, 5) is 11.4. The van der Waals surface area contributed by atoms with Gasteiger partial charge >= 0.3 is 5.97 Å². The van der Waals surface area contributed by atoms with Crippen LogP contribution in [0.3, 0.4) is 0 Å². The SMILES string of the molecule is COC(=O)/C(=C\I)CC(O)c1ccccc1OC. The first kappa shape index (κ1) is 15.0. The summed E-state index contributed by atoms with van der Waals surface area (Å²) in [5.74, 6) is 0.168. The van der Waals surface area contributed by atoms with Crippen molar-refractivity contribution < 1.29 is 19.4 Å². The van der Waals surface area contributed by atoms with Gasteiger partial charge in [-0.15, -0.1) is 0 Å². The summed E-state index contributed by atoms with van der Waals surface area (Å²) in [5.41, 5.74) is 1.08. The average Bonchev–Trinajstić information content (AvgIpc) is 2.43. The van der Waals surface area contributed by atoms with E-state index in [1.807, 2.05) is 34.7 Å². The van der Waals surface area contributed by atoms with Crippen LogP contribution in [-0.2, 0) is 9.53 Å². The number of carbonyl (C=O) groups excluding carboxylic acids is 1. The highest BCUT2D eigenvalue weighted by Gasteiger charge is 2.18. The normalized spacial score (nSPS) is 13.0. The molecular formula is C13H15IO4. The predicted molar refractivity (Wildman–Crippen MR) is 76.7 cm³/mol. The van der Waals surface area contributed by atoms with Crippen molar-refractivity contribution in [1.82, 2.24) is 0 Å². The van der Waals surface area contributed by atoms with Gasteiger partial charge in [-0.25, -0.2) is 4.79 Å². The van der Waals surface area contributed by atoms with Gasteiger partial charge in [0, 0.05) is 17.6 Å². The van der Waals surface area contributed by atoms with Crippen molar-refractivity contribution in [1.29, 1.82) is 0 Å². The molecule has 0 heterocycles. The lowest BCUT2D eigenvalue weighted by atomic mass is 10.0. The van der Waals surface area contributed by atoms with Crippen molar-refractivity contribution in [3.8, 4) is 5.75 Å². The molecule has 98 valence electrons. The van der Waals surface area contributed by atoms with Crippen LogP contribution < -0.4 is 4.74 Å². The van der Waals surface area contributed by atoms with E-state index < -0.39 is 12.1 Å². The fourth-order valence-electron chi connectivity index (χ4n) is 1.56. The zero-order valence-corrected chi connectivity index (χ0v) is 12.4. The first-order valence-corrected chi connectivity index (χ1v) is 6.57. The Morgan fingerprint density at radius 2 is 2.11 bits per heavy atom. The number of rotatable bonds is 5. The van der Waals surface area contributed by atoms with Gasteiger partial charge in [0.05, 0.1) is 20.3 Å². The molecule has 0 saturated heterocycles. The topological polar surface area (TPSA) is 55.8 Å². The molecule has 0 fully saturated rings. The van der Waals surface area contributed by atoms with Crippen molar-refractivity contribution >= 4 is 28.6 Å².